The van der Waals surface area contributed by atoms with E-state index in [0.29, 0.717) is 12.8 Å². The van der Waals surface area contributed by atoms with Gasteiger partial charge in [0.2, 0.25) is 11.8 Å². The summed E-state index contributed by atoms with van der Waals surface area (Å²) in [7, 11) is 0. The quantitative estimate of drug-likeness (QED) is 0.397. The molecule has 2 fully saturated rings. The molecule has 1 aromatic rings. The first-order valence-corrected chi connectivity index (χ1v) is 15.3. The van der Waals surface area contributed by atoms with Gasteiger partial charge in [-0.3, -0.25) is 19.2 Å². The topological polar surface area (TPSA) is 125 Å². The van der Waals surface area contributed by atoms with E-state index in [1.807, 2.05) is 58.0 Å². The Morgan fingerprint density at radius 2 is 1.81 bits per heavy atom. The van der Waals surface area contributed by atoms with Crippen molar-refractivity contribution < 1.29 is 33.8 Å². The van der Waals surface area contributed by atoms with Gasteiger partial charge in [-0.1, -0.05) is 56.4 Å². The summed E-state index contributed by atoms with van der Waals surface area (Å²) in [5.41, 5.74) is 1.11. The van der Waals surface area contributed by atoms with Gasteiger partial charge in [0.05, 0.1) is 31.2 Å². The number of aliphatic hydroxyl groups is 1. The highest BCUT2D eigenvalue weighted by atomic mass is 16.6. The number of benzene rings is 1. The lowest BCUT2D eigenvalue weighted by Gasteiger charge is -2.39. The first-order valence-electron chi connectivity index (χ1n) is 15.3. The van der Waals surface area contributed by atoms with Crippen LogP contribution < -0.4 is 10.2 Å². The van der Waals surface area contributed by atoms with Crippen LogP contribution in [0.5, 0.6) is 0 Å². The molecule has 0 unspecified atom stereocenters. The summed E-state index contributed by atoms with van der Waals surface area (Å²) in [6.07, 6.45) is 7.08. The van der Waals surface area contributed by atoms with Crippen LogP contribution in [0.2, 0.25) is 0 Å². The van der Waals surface area contributed by atoms with Crippen LogP contribution in [-0.4, -0.2) is 83.3 Å². The number of allylic oxidation sites excluding steroid dienone is 1. The van der Waals surface area contributed by atoms with Gasteiger partial charge in [0.25, 0.3) is 5.91 Å². The lowest BCUT2D eigenvalue weighted by Crippen LogP contribution is -2.59. The minimum atomic E-state index is -1.39. The minimum Gasteiger partial charge on any atom is -0.460 e. The van der Waals surface area contributed by atoms with Crippen molar-refractivity contribution in [2.24, 2.45) is 17.8 Å². The van der Waals surface area contributed by atoms with E-state index in [4.69, 9.17) is 9.47 Å². The van der Waals surface area contributed by atoms with Gasteiger partial charge in [-0.25, -0.2) is 0 Å². The lowest BCUT2D eigenvalue weighted by molar-refractivity contribution is -0.159. The number of ether oxygens (including phenoxy) is 2. The molecule has 0 saturated carbocycles. The average Bonchev–Trinajstić information content (AvgIpc) is 3.60. The van der Waals surface area contributed by atoms with Crippen molar-refractivity contribution in [3.63, 3.8) is 0 Å². The van der Waals surface area contributed by atoms with Crippen molar-refractivity contribution in [3.8, 4) is 0 Å². The zero-order valence-electron chi connectivity index (χ0n) is 25.6. The molecule has 10 heteroatoms. The molecule has 0 aliphatic carbocycles. The van der Waals surface area contributed by atoms with Gasteiger partial charge < -0.3 is 29.7 Å². The van der Waals surface area contributed by atoms with E-state index in [0.717, 1.165) is 16.8 Å². The van der Waals surface area contributed by atoms with Gasteiger partial charge in [-0.2, -0.15) is 0 Å². The van der Waals surface area contributed by atoms with Crippen molar-refractivity contribution in [3.05, 3.63) is 53.6 Å². The van der Waals surface area contributed by atoms with Crippen LogP contribution in [0.25, 0.3) is 0 Å². The van der Waals surface area contributed by atoms with E-state index in [2.05, 4.69) is 5.32 Å². The lowest BCUT2D eigenvalue weighted by atomic mass is 9.74. The number of rotatable bonds is 5. The summed E-state index contributed by atoms with van der Waals surface area (Å²) in [4.78, 5) is 58.7. The predicted octanol–water partition coefficient (Wildman–Crippen LogP) is 2.59. The normalized spacial score (nSPS) is 32.7. The number of fused-ring (bicyclic) bond motifs is 2. The molecular formula is C33H43N3O7. The second-order valence-electron chi connectivity index (χ2n) is 12.7. The zero-order chi connectivity index (χ0) is 31.1. The molecule has 7 atom stereocenters. The number of esters is 1. The smallest absolute Gasteiger partial charge is 0.313 e. The molecule has 3 amide bonds. The Labute approximate surface area is 253 Å². The van der Waals surface area contributed by atoms with Gasteiger partial charge >= 0.3 is 5.97 Å². The number of hydrogen-bond acceptors (Lipinski definition) is 7. The van der Waals surface area contributed by atoms with E-state index >= 15 is 0 Å². The van der Waals surface area contributed by atoms with E-state index in [-0.39, 0.29) is 43.8 Å². The molecule has 5 rings (SSSR count). The van der Waals surface area contributed by atoms with Crippen LogP contribution in [0.4, 0.5) is 5.69 Å². The first kappa shape index (κ1) is 30.9. The van der Waals surface area contributed by atoms with Crippen molar-refractivity contribution in [2.75, 3.05) is 24.6 Å². The number of cyclic esters (lactones) is 1. The minimum absolute atomic E-state index is 0.131. The Balaban J connectivity index is 1.66. The molecule has 10 nitrogen and oxygen atoms in total. The molecule has 0 aromatic heterocycles. The monoisotopic (exact) mass is 593 g/mol. The second-order valence-corrected chi connectivity index (χ2v) is 12.7. The Kier molecular flexibility index (Phi) is 8.81. The highest BCUT2D eigenvalue weighted by Crippen LogP contribution is 2.56. The maximum absolute atomic E-state index is 15.0. The molecular weight excluding hydrogens is 550 g/mol. The molecule has 0 radical (unpaired) electrons. The second kappa shape index (κ2) is 12.2. The summed E-state index contributed by atoms with van der Waals surface area (Å²) >= 11 is 0. The third-order valence-corrected chi connectivity index (χ3v) is 9.04. The summed E-state index contributed by atoms with van der Waals surface area (Å²) in [5, 5.41) is 13.4. The molecule has 1 spiro atoms. The fourth-order valence-electron chi connectivity index (χ4n) is 7.22. The number of aliphatic hydroxyl groups excluding tert-OH is 1. The Morgan fingerprint density at radius 3 is 2.49 bits per heavy atom. The average molecular weight is 594 g/mol. The van der Waals surface area contributed by atoms with E-state index in [1.54, 1.807) is 24.0 Å². The fourth-order valence-corrected chi connectivity index (χ4v) is 7.22. The molecule has 2 N–H and O–H groups in total. The SMILES string of the molecule is Cc1cccc(C)c1N1C/C=C\CCC(=O)NC[C@@H](C)OC(=O)[C@@H]2[C@@H]3C=C[C@]4(O3)[C@H](C1=O)N([C@@H](CO)CC(C)C)C(=O)[C@@H]24. The Morgan fingerprint density at radius 1 is 1.09 bits per heavy atom. The van der Waals surface area contributed by atoms with E-state index in [9.17, 15) is 24.3 Å². The highest BCUT2D eigenvalue weighted by Gasteiger charge is 2.74. The van der Waals surface area contributed by atoms with E-state index in [1.165, 1.54) is 4.90 Å². The van der Waals surface area contributed by atoms with Crippen LogP contribution in [0.15, 0.2) is 42.5 Å². The van der Waals surface area contributed by atoms with Crippen LogP contribution in [-0.2, 0) is 28.7 Å². The van der Waals surface area contributed by atoms with Gasteiger partial charge in [-0.15, -0.1) is 0 Å². The van der Waals surface area contributed by atoms with Crippen LogP contribution in [0.3, 0.4) is 0 Å². The highest BCUT2D eigenvalue weighted by molar-refractivity contribution is 6.06. The summed E-state index contributed by atoms with van der Waals surface area (Å²) < 4.78 is 12.2. The van der Waals surface area contributed by atoms with Gasteiger partial charge in [0, 0.05) is 18.7 Å². The van der Waals surface area contributed by atoms with Crippen LogP contribution in [0, 0.1) is 31.6 Å². The largest absolute Gasteiger partial charge is 0.460 e. The fraction of sp³-hybridized carbons (Fsp3) is 0.576. The summed E-state index contributed by atoms with van der Waals surface area (Å²) in [6, 6.07) is 4.04. The number of aryl methyl sites for hydroxylation is 2. The number of nitrogens with one attached hydrogen (secondary N) is 1. The van der Waals surface area contributed by atoms with Gasteiger partial charge in [0.15, 0.2) is 0 Å². The third-order valence-electron chi connectivity index (χ3n) is 9.04. The Hall–Kier alpha value is -3.50. The van der Waals surface area contributed by atoms with Gasteiger partial charge in [0.1, 0.15) is 23.7 Å². The summed E-state index contributed by atoms with van der Waals surface area (Å²) in [6.45, 7) is 9.57. The predicted molar refractivity (Wildman–Crippen MR) is 160 cm³/mol. The molecule has 232 valence electrons. The molecule has 4 heterocycles. The molecule has 4 aliphatic heterocycles. The van der Waals surface area contributed by atoms with Crippen molar-refractivity contribution >= 4 is 29.4 Å². The number of hydrogen-bond donors (Lipinski definition) is 2. The van der Waals surface area contributed by atoms with Gasteiger partial charge in [-0.05, 0) is 50.7 Å². The molecule has 5 bridgehead atoms. The number of carbonyl (C=O) groups is 4. The standard InChI is InChI=1S/C33H43N3O7/c1-19(2)16-23(18-37)36-29-31(40)35(28-20(3)10-9-11-21(28)4)15-8-6-7-12-25(38)34-17-22(5)42-32(41)26-24-13-14-33(29,43-24)27(26)30(36)39/h6,8-11,13-14,19,22-24,26-27,29,37H,7,12,15-18H2,1-5H3,(H,34,38)/b8-6-/t22-,23-,24+,26-,27-,29+,33-/m1/s1. The van der Waals surface area contributed by atoms with Crippen molar-refractivity contribution in [1.82, 2.24) is 10.2 Å². The number of likely N-dealkylation sites (tertiary alicyclic amines) is 1. The van der Waals surface area contributed by atoms with Crippen LogP contribution in [0.1, 0.15) is 51.2 Å². The maximum atomic E-state index is 15.0. The number of carbonyl (C=O) groups excluding carboxylic acids is 4. The van der Waals surface area contributed by atoms with Crippen molar-refractivity contribution in [2.45, 2.75) is 83.8 Å². The Bertz CT molecular complexity index is 1320. The maximum Gasteiger partial charge on any atom is 0.313 e. The third kappa shape index (κ3) is 5.51. The number of nitrogens with zero attached hydrogens (tertiary/aromatic N) is 2. The summed E-state index contributed by atoms with van der Waals surface area (Å²) in [5.74, 6) is -3.34. The zero-order valence-corrected chi connectivity index (χ0v) is 25.6. The molecule has 1 aromatic carbocycles. The number of para-hydroxylation sites is 1. The molecule has 2 saturated heterocycles. The molecule has 43 heavy (non-hydrogen) atoms. The first-order chi connectivity index (χ1) is 20.5. The van der Waals surface area contributed by atoms with Crippen LogP contribution >= 0.6 is 0 Å². The number of anilines is 1. The van der Waals surface area contributed by atoms with Crippen molar-refractivity contribution in [1.29, 1.82) is 0 Å². The number of amides is 3. The molecule has 4 aliphatic rings. The van der Waals surface area contributed by atoms with E-state index < -0.39 is 53.6 Å².